The molecule has 0 spiro atoms. The number of aromatic nitrogens is 3. The number of ether oxygens (including phenoxy) is 1. The van der Waals surface area contributed by atoms with Gasteiger partial charge < -0.3 is 10.1 Å². The Morgan fingerprint density at radius 1 is 1.27 bits per heavy atom. The molecule has 1 fully saturated rings. The van der Waals surface area contributed by atoms with E-state index in [1.54, 1.807) is 12.3 Å². The molecular formula is C16H20N4O2. The average molecular weight is 300 g/mol. The number of hydrogen-bond donors (Lipinski definition) is 1. The molecule has 0 atom stereocenters. The Bertz CT molecular complexity index is 696. The molecule has 2 aromatic heterocycles. The molecule has 0 radical (unpaired) electrons. The van der Waals surface area contributed by atoms with Gasteiger partial charge in [0.05, 0.1) is 10.9 Å². The minimum absolute atomic E-state index is 0.156. The van der Waals surface area contributed by atoms with E-state index >= 15 is 0 Å². The fraction of sp³-hybridized carbons (Fsp3) is 0.500. The van der Waals surface area contributed by atoms with Crippen LogP contribution < -0.4 is 10.1 Å². The van der Waals surface area contributed by atoms with E-state index < -0.39 is 0 Å². The minimum atomic E-state index is -0.156. The number of rotatable bonds is 3. The molecule has 1 saturated carbocycles. The Hall–Kier alpha value is -2.24. The second kappa shape index (κ2) is 6.25. The van der Waals surface area contributed by atoms with Gasteiger partial charge in [0, 0.05) is 19.2 Å². The molecule has 0 aliphatic heterocycles. The molecule has 1 amide bonds. The molecular weight excluding hydrogens is 280 g/mol. The maximum Gasteiger partial charge on any atom is 0.226 e. The van der Waals surface area contributed by atoms with Crippen molar-refractivity contribution in [1.82, 2.24) is 15.0 Å². The van der Waals surface area contributed by atoms with Crippen LogP contribution in [0.2, 0.25) is 0 Å². The SMILES string of the molecule is CC(=O)Nc1cc2nc(C)nc(OC3CCCCC3)c2cn1. The van der Waals surface area contributed by atoms with Crippen molar-refractivity contribution in [3.63, 3.8) is 0 Å². The van der Waals surface area contributed by atoms with Crippen LogP contribution in [0.25, 0.3) is 10.9 Å². The van der Waals surface area contributed by atoms with Crippen LogP contribution in [0.5, 0.6) is 5.88 Å². The summed E-state index contributed by atoms with van der Waals surface area (Å²) in [6.07, 6.45) is 7.73. The van der Waals surface area contributed by atoms with Gasteiger partial charge in [-0.3, -0.25) is 4.79 Å². The zero-order valence-electron chi connectivity index (χ0n) is 12.9. The van der Waals surface area contributed by atoms with Gasteiger partial charge in [0.15, 0.2) is 0 Å². The lowest BCUT2D eigenvalue weighted by Gasteiger charge is -2.23. The predicted molar refractivity (Wildman–Crippen MR) is 83.9 cm³/mol. The van der Waals surface area contributed by atoms with Crippen LogP contribution in [-0.4, -0.2) is 27.0 Å². The molecule has 0 aromatic carbocycles. The van der Waals surface area contributed by atoms with Gasteiger partial charge in [-0.25, -0.2) is 9.97 Å². The molecule has 22 heavy (non-hydrogen) atoms. The number of fused-ring (bicyclic) bond motifs is 1. The normalized spacial score (nSPS) is 15.7. The summed E-state index contributed by atoms with van der Waals surface area (Å²) in [6, 6.07) is 1.75. The molecule has 0 unspecified atom stereocenters. The van der Waals surface area contributed by atoms with Crippen LogP contribution in [0, 0.1) is 6.92 Å². The van der Waals surface area contributed by atoms with E-state index in [0.717, 1.165) is 23.7 Å². The fourth-order valence-electron chi connectivity index (χ4n) is 2.79. The molecule has 1 N–H and O–H groups in total. The molecule has 1 aliphatic carbocycles. The number of nitrogens with zero attached hydrogens (tertiary/aromatic N) is 3. The number of anilines is 1. The number of carbonyl (C=O) groups is 1. The van der Waals surface area contributed by atoms with Crippen molar-refractivity contribution in [3.8, 4) is 5.88 Å². The minimum Gasteiger partial charge on any atom is -0.474 e. The summed E-state index contributed by atoms with van der Waals surface area (Å²) in [5, 5.41) is 3.45. The zero-order valence-corrected chi connectivity index (χ0v) is 12.9. The fourth-order valence-corrected chi connectivity index (χ4v) is 2.79. The van der Waals surface area contributed by atoms with Crippen molar-refractivity contribution in [1.29, 1.82) is 0 Å². The standard InChI is InChI=1S/C16H20N4O2/c1-10-18-14-8-15(20-11(2)21)17-9-13(14)16(19-10)22-12-6-4-3-5-7-12/h8-9,12H,3-7H2,1-2H3,(H,17,20,21). The highest BCUT2D eigenvalue weighted by molar-refractivity contribution is 5.91. The third-order valence-corrected chi connectivity index (χ3v) is 3.79. The van der Waals surface area contributed by atoms with E-state index in [1.807, 2.05) is 6.92 Å². The summed E-state index contributed by atoms with van der Waals surface area (Å²) >= 11 is 0. The number of nitrogens with one attached hydrogen (secondary N) is 1. The number of pyridine rings is 1. The van der Waals surface area contributed by atoms with Gasteiger partial charge in [0.25, 0.3) is 0 Å². The van der Waals surface area contributed by atoms with E-state index in [9.17, 15) is 4.79 Å². The number of carbonyl (C=O) groups excluding carboxylic acids is 1. The van der Waals surface area contributed by atoms with Crippen molar-refractivity contribution in [3.05, 3.63) is 18.1 Å². The van der Waals surface area contributed by atoms with Crippen molar-refractivity contribution < 1.29 is 9.53 Å². The molecule has 6 heteroatoms. The van der Waals surface area contributed by atoms with E-state index in [-0.39, 0.29) is 12.0 Å². The van der Waals surface area contributed by atoms with Crippen LogP contribution in [0.15, 0.2) is 12.3 Å². The quantitative estimate of drug-likeness (QED) is 0.943. The van der Waals surface area contributed by atoms with Crippen LogP contribution in [0.1, 0.15) is 44.9 Å². The van der Waals surface area contributed by atoms with Gasteiger partial charge in [0.2, 0.25) is 11.8 Å². The van der Waals surface area contributed by atoms with Crippen LogP contribution in [0.4, 0.5) is 5.82 Å². The van der Waals surface area contributed by atoms with Crippen LogP contribution >= 0.6 is 0 Å². The van der Waals surface area contributed by atoms with E-state index in [4.69, 9.17) is 4.74 Å². The molecule has 1 aliphatic rings. The lowest BCUT2D eigenvalue weighted by Crippen LogP contribution is -2.20. The molecule has 2 aromatic rings. The molecule has 2 heterocycles. The Labute approximate surface area is 129 Å². The first-order valence-electron chi connectivity index (χ1n) is 7.70. The maximum absolute atomic E-state index is 11.1. The number of aryl methyl sites for hydroxylation is 1. The molecule has 3 rings (SSSR count). The zero-order chi connectivity index (χ0) is 15.5. The summed E-state index contributed by atoms with van der Waals surface area (Å²) in [4.78, 5) is 24.2. The van der Waals surface area contributed by atoms with Gasteiger partial charge in [0.1, 0.15) is 17.7 Å². The van der Waals surface area contributed by atoms with E-state index in [2.05, 4.69) is 20.3 Å². The summed E-state index contributed by atoms with van der Waals surface area (Å²) < 4.78 is 6.09. The summed E-state index contributed by atoms with van der Waals surface area (Å²) in [5.41, 5.74) is 0.733. The maximum atomic E-state index is 11.1. The Kier molecular flexibility index (Phi) is 4.18. The molecule has 0 bridgehead atoms. The van der Waals surface area contributed by atoms with E-state index in [0.29, 0.717) is 17.5 Å². The highest BCUT2D eigenvalue weighted by atomic mass is 16.5. The van der Waals surface area contributed by atoms with Crippen molar-refractivity contribution in [2.24, 2.45) is 0 Å². The molecule has 0 saturated heterocycles. The second-order valence-corrected chi connectivity index (χ2v) is 5.72. The average Bonchev–Trinajstić information content (AvgIpc) is 2.47. The topological polar surface area (TPSA) is 77.0 Å². The van der Waals surface area contributed by atoms with Gasteiger partial charge >= 0.3 is 0 Å². The first kappa shape index (κ1) is 14.7. The third-order valence-electron chi connectivity index (χ3n) is 3.79. The van der Waals surface area contributed by atoms with Crippen LogP contribution in [0.3, 0.4) is 0 Å². The van der Waals surface area contributed by atoms with Crippen molar-refractivity contribution in [2.75, 3.05) is 5.32 Å². The molecule has 6 nitrogen and oxygen atoms in total. The monoisotopic (exact) mass is 300 g/mol. The van der Waals surface area contributed by atoms with Gasteiger partial charge in [-0.05, 0) is 32.6 Å². The highest BCUT2D eigenvalue weighted by Gasteiger charge is 2.18. The largest absolute Gasteiger partial charge is 0.474 e. The predicted octanol–water partition coefficient (Wildman–Crippen LogP) is 3.00. The highest BCUT2D eigenvalue weighted by Crippen LogP contribution is 2.28. The van der Waals surface area contributed by atoms with Crippen molar-refractivity contribution in [2.45, 2.75) is 52.1 Å². The summed E-state index contributed by atoms with van der Waals surface area (Å²) in [5.74, 6) is 1.58. The van der Waals surface area contributed by atoms with Gasteiger partial charge in [-0.1, -0.05) is 6.42 Å². The van der Waals surface area contributed by atoms with Crippen molar-refractivity contribution >= 4 is 22.6 Å². The van der Waals surface area contributed by atoms with Gasteiger partial charge in [-0.2, -0.15) is 4.98 Å². The van der Waals surface area contributed by atoms with E-state index in [1.165, 1.54) is 26.2 Å². The first-order valence-corrected chi connectivity index (χ1v) is 7.70. The number of hydrogen-bond acceptors (Lipinski definition) is 5. The Morgan fingerprint density at radius 2 is 2.05 bits per heavy atom. The summed E-state index contributed by atoms with van der Waals surface area (Å²) in [7, 11) is 0. The smallest absolute Gasteiger partial charge is 0.226 e. The first-order chi connectivity index (χ1) is 10.6. The van der Waals surface area contributed by atoms with Gasteiger partial charge in [-0.15, -0.1) is 0 Å². The molecule has 116 valence electrons. The Morgan fingerprint density at radius 3 is 2.77 bits per heavy atom. The second-order valence-electron chi connectivity index (χ2n) is 5.72. The Balaban J connectivity index is 1.93. The lowest BCUT2D eigenvalue weighted by atomic mass is 9.98. The number of amides is 1. The lowest BCUT2D eigenvalue weighted by molar-refractivity contribution is -0.114. The summed E-state index contributed by atoms with van der Waals surface area (Å²) in [6.45, 7) is 3.29. The van der Waals surface area contributed by atoms with Crippen LogP contribution in [-0.2, 0) is 4.79 Å². The third kappa shape index (κ3) is 3.32.